The number of hydrogen-bond donors (Lipinski definition) is 3. The van der Waals surface area contributed by atoms with Gasteiger partial charge in [-0.3, -0.25) is 10.1 Å². The number of hydrogen-bond acceptors (Lipinski definition) is 6. The molecule has 0 saturated carbocycles. The Morgan fingerprint density at radius 2 is 2.04 bits per heavy atom. The highest BCUT2D eigenvalue weighted by molar-refractivity contribution is 5.94. The summed E-state index contributed by atoms with van der Waals surface area (Å²) in [5.41, 5.74) is -0.410. The Labute approximate surface area is 152 Å². The number of urea groups is 1. The Morgan fingerprint density at radius 1 is 1.27 bits per heavy atom. The largest absolute Gasteiger partial charge is 0.459 e. The van der Waals surface area contributed by atoms with Crippen LogP contribution in [0.1, 0.15) is 40.0 Å². The van der Waals surface area contributed by atoms with E-state index in [0.717, 1.165) is 17.9 Å². The molecule has 3 amide bonds. The van der Waals surface area contributed by atoms with E-state index in [2.05, 4.69) is 20.8 Å². The van der Waals surface area contributed by atoms with Gasteiger partial charge in [0.2, 0.25) is 0 Å². The van der Waals surface area contributed by atoms with Crippen molar-refractivity contribution >= 4 is 11.9 Å². The molecule has 0 radical (unpaired) electrons. The number of rotatable bonds is 7. The van der Waals surface area contributed by atoms with Crippen molar-refractivity contribution in [3.63, 3.8) is 0 Å². The smallest absolute Gasteiger partial charge is 0.322 e. The molecule has 1 atom stereocenters. The Balaban J connectivity index is 1.92. The maximum absolute atomic E-state index is 12.1. The molecule has 0 saturated heterocycles. The van der Waals surface area contributed by atoms with Crippen molar-refractivity contribution < 1.29 is 23.3 Å². The van der Waals surface area contributed by atoms with E-state index in [4.69, 9.17) is 8.83 Å². The van der Waals surface area contributed by atoms with Gasteiger partial charge in [-0.1, -0.05) is 6.92 Å². The minimum atomic E-state index is -0.503. The first-order chi connectivity index (χ1) is 12.3. The van der Waals surface area contributed by atoms with Gasteiger partial charge < -0.3 is 19.1 Å². The fourth-order valence-corrected chi connectivity index (χ4v) is 2.40. The number of imide groups is 1. The minimum Gasteiger partial charge on any atom is -0.459 e. The molecule has 2 aromatic heterocycles. The van der Waals surface area contributed by atoms with Crippen molar-refractivity contribution in [2.75, 3.05) is 13.1 Å². The summed E-state index contributed by atoms with van der Waals surface area (Å²) in [6.07, 6.45) is 2.40. The number of furan rings is 1. The molecule has 0 aliphatic carbocycles. The Kier molecular flexibility index (Phi) is 6.51. The maximum atomic E-state index is 12.1. The molecule has 0 bridgehead atoms. The van der Waals surface area contributed by atoms with Crippen LogP contribution in [-0.4, -0.2) is 40.8 Å². The second kappa shape index (κ2) is 8.61. The molecular weight excluding hydrogens is 338 g/mol. The third kappa shape index (κ3) is 6.32. The molecule has 2 aromatic rings. The first-order valence-electron chi connectivity index (χ1n) is 8.58. The molecule has 9 nitrogen and oxygen atoms in total. The van der Waals surface area contributed by atoms with Crippen molar-refractivity contribution in [1.82, 2.24) is 20.8 Å². The fraction of sp³-hybridized carbons (Fsp3) is 0.529. The lowest BCUT2D eigenvalue weighted by atomic mass is 10.1. The molecular formula is C17H26N5O4+. The molecule has 0 spiro atoms. The van der Waals surface area contributed by atoms with Crippen LogP contribution >= 0.6 is 0 Å². The van der Waals surface area contributed by atoms with E-state index in [1.807, 2.05) is 27.7 Å². The molecule has 9 heteroatoms. The SMILES string of the molecule is CCC[NH+](CC(=O)NC(=O)NC(C)(C)C)Cc1nnc(-c2ccco2)o1. The highest BCUT2D eigenvalue weighted by atomic mass is 16.4. The van der Waals surface area contributed by atoms with Crippen molar-refractivity contribution in [2.45, 2.75) is 46.2 Å². The van der Waals surface area contributed by atoms with Crippen LogP contribution in [0.15, 0.2) is 27.2 Å². The van der Waals surface area contributed by atoms with E-state index < -0.39 is 11.6 Å². The van der Waals surface area contributed by atoms with Crippen molar-refractivity contribution in [3.8, 4) is 11.7 Å². The van der Waals surface area contributed by atoms with Crippen molar-refractivity contribution in [3.05, 3.63) is 24.3 Å². The predicted octanol–water partition coefficient (Wildman–Crippen LogP) is 0.749. The van der Waals surface area contributed by atoms with Crippen LogP contribution in [0.5, 0.6) is 0 Å². The first kappa shape index (κ1) is 19.6. The molecule has 2 rings (SSSR count). The van der Waals surface area contributed by atoms with E-state index in [9.17, 15) is 9.59 Å². The zero-order chi connectivity index (χ0) is 19.2. The van der Waals surface area contributed by atoms with Crippen LogP contribution in [0.25, 0.3) is 11.7 Å². The van der Waals surface area contributed by atoms with Crippen molar-refractivity contribution in [1.29, 1.82) is 0 Å². The van der Waals surface area contributed by atoms with Crippen molar-refractivity contribution in [2.24, 2.45) is 0 Å². The van der Waals surface area contributed by atoms with E-state index >= 15 is 0 Å². The van der Waals surface area contributed by atoms with Crippen LogP contribution in [0.3, 0.4) is 0 Å². The Hall–Kier alpha value is -2.68. The van der Waals surface area contributed by atoms with E-state index in [0.29, 0.717) is 24.1 Å². The van der Waals surface area contributed by atoms with Crippen LogP contribution in [0.4, 0.5) is 4.79 Å². The molecule has 0 aliphatic heterocycles. The maximum Gasteiger partial charge on any atom is 0.322 e. The van der Waals surface area contributed by atoms with E-state index in [1.54, 1.807) is 12.1 Å². The number of carbonyl (C=O) groups excluding carboxylic acids is 2. The molecule has 3 N–H and O–H groups in total. The average Bonchev–Trinajstić information content (AvgIpc) is 3.15. The highest BCUT2D eigenvalue weighted by Crippen LogP contribution is 2.17. The number of carbonyl (C=O) groups is 2. The summed E-state index contributed by atoms with van der Waals surface area (Å²) in [6.45, 7) is 8.80. The van der Waals surface area contributed by atoms with Crippen LogP contribution in [-0.2, 0) is 11.3 Å². The third-order valence-corrected chi connectivity index (χ3v) is 3.36. The number of aromatic nitrogens is 2. The first-order valence-corrected chi connectivity index (χ1v) is 8.58. The number of amides is 3. The zero-order valence-electron chi connectivity index (χ0n) is 15.6. The second-order valence-electron chi connectivity index (χ2n) is 7.08. The van der Waals surface area contributed by atoms with Gasteiger partial charge in [0.05, 0.1) is 12.8 Å². The minimum absolute atomic E-state index is 0.129. The Bertz CT molecular complexity index is 718. The van der Waals surface area contributed by atoms with Gasteiger partial charge >= 0.3 is 6.03 Å². The summed E-state index contributed by atoms with van der Waals surface area (Å²) in [5.74, 6) is 0.847. The molecule has 0 aliphatic rings. The highest BCUT2D eigenvalue weighted by Gasteiger charge is 2.21. The standard InChI is InChI=1S/C17H25N5O4/c1-5-8-22(10-13(23)18-16(24)19-17(2,3)4)11-14-20-21-15(26-14)12-7-6-9-25-12/h6-7,9H,5,8,10-11H2,1-4H3,(H2,18,19,23,24)/p+1. The summed E-state index contributed by atoms with van der Waals surface area (Å²) in [7, 11) is 0. The predicted molar refractivity (Wildman–Crippen MR) is 93.1 cm³/mol. The monoisotopic (exact) mass is 364 g/mol. The van der Waals surface area contributed by atoms with Crippen LogP contribution in [0.2, 0.25) is 0 Å². The lowest BCUT2D eigenvalue weighted by molar-refractivity contribution is -0.907. The second-order valence-corrected chi connectivity index (χ2v) is 7.08. The van der Waals surface area contributed by atoms with Gasteiger partial charge in [0.25, 0.3) is 17.7 Å². The lowest BCUT2D eigenvalue weighted by Gasteiger charge is -2.21. The van der Waals surface area contributed by atoms with Gasteiger partial charge in [-0.25, -0.2) is 4.79 Å². The fourth-order valence-electron chi connectivity index (χ4n) is 2.40. The molecule has 26 heavy (non-hydrogen) atoms. The van der Waals surface area contributed by atoms with Gasteiger partial charge in [0.1, 0.15) is 0 Å². The van der Waals surface area contributed by atoms with Gasteiger partial charge in [-0.05, 0) is 39.3 Å². The summed E-state index contributed by atoms with van der Waals surface area (Å²) < 4.78 is 10.8. The molecule has 2 heterocycles. The van der Waals surface area contributed by atoms with Crippen LogP contribution in [0, 0.1) is 0 Å². The molecule has 1 unspecified atom stereocenters. The van der Waals surface area contributed by atoms with E-state index in [-0.39, 0.29) is 12.5 Å². The molecule has 142 valence electrons. The quantitative estimate of drug-likeness (QED) is 0.668. The zero-order valence-corrected chi connectivity index (χ0v) is 15.6. The van der Waals surface area contributed by atoms with Gasteiger partial charge in [-0.15, -0.1) is 10.2 Å². The number of nitrogens with zero attached hydrogens (tertiary/aromatic N) is 2. The lowest BCUT2D eigenvalue weighted by Crippen LogP contribution is -3.12. The normalized spacial score (nSPS) is 12.6. The summed E-state index contributed by atoms with van der Waals surface area (Å²) in [6, 6.07) is 2.96. The van der Waals surface area contributed by atoms with Gasteiger partial charge in [0.15, 0.2) is 18.8 Å². The number of quaternary nitrogens is 1. The third-order valence-electron chi connectivity index (χ3n) is 3.36. The topological polar surface area (TPSA) is 115 Å². The Morgan fingerprint density at radius 3 is 2.65 bits per heavy atom. The van der Waals surface area contributed by atoms with Crippen LogP contribution < -0.4 is 15.5 Å². The number of nitrogens with one attached hydrogen (secondary N) is 3. The summed E-state index contributed by atoms with van der Waals surface area (Å²) in [5, 5.41) is 13.0. The summed E-state index contributed by atoms with van der Waals surface area (Å²) >= 11 is 0. The van der Waals surface area contributed by atoms with E-state index in [1.165, 1.54) is 6.26 Å². The van der Waals surface area contributed by atoms with Gasteiger partial charge in [0, 0.05) is 5.54 Å². The molecule has 0 aromatic carbocycles. The molecule has 0 fully saturated rings. The average molecular weight is 364 g/mol. The van der Waals surface area contributed by atoms with Gasteiger partial charge in [-0.2, -0.15) is 0 Å². The summed E-state index contributed by atoms with van der Waals surface area (Å²) in [4.78, 5) is 24.8.